The molecule has 0 spiro atoms. The molecule has 3 aromatic heterocycles. The lowest BCUT2D eigenvalue weighted by Gasteiger charge is -2.11. The lowest BCUT2D eigenvalue weighted by molar-refractivity contribution is 1.07. The van der Waals surface area contributed by atoms with Crippen molar-refractivity contribution >= 4 is 43.4 Å². The van der Waals surface area contributed by atoms with E-state index in [0.29, 0.717) is 17.5 Å². The van der Waals surface area contributed by atoms with E-state index in [-0.39, 0.29) is 0 Å². The van der Waals surface area contributed by atoms with Crippen LogP contribution in [0.1, 0.15) is 0 Å². The van der Waals surface area contributed by atoms with Crippen LogP contribution in [0.4, 0.5) is 0 Å². The molecule has 10 aromatic rings. The molecule has 5 nitrogen and oxygen atoms in total. The summed E-state index contributed by atoms with van der Waals surface area (Å²) in [6, 6.07) is 61.1. The van der Waals surface area contributed by atoms with Gasteiger partial charge in [-0.1, -0.05) is 140 Å². The molecule has 7 aromatic carbocycles. The minimum atomic E-state index is 0.641. The number of hydrogen-bond acceptors (Lipinski definition) is 5. The minimum Gasteiger partial charge on any atom is -0.309 e. The molecule has 244 valence electrons. The standard InChI is InChI=1S/C46H29N5S/c1-3-12-31(13-4-1)43-48-44(32-14-5-2-6-15-32)50-45(49-43)33-24-22-30(23-25-33)34-16-11-17-36(28-34)51-40-20-9-7-18-37(40)38-27-26-35(29-41(38)51)46-47-39-19-8-10-21-42(39)52-46/h1-29H. The van der Waals surface area contributed by atoms with Crippen molar-refractivity contribution in [3.05, 3.63) is 176 Å². The summed E-state index contributed by atoms with van der Waals surface area (Å²) in [7, 11) is 0. The van der Waals surface area contributed by atoms with Crippen molar-refractivity contribution in [1.29, 1.82) is 0 Å². The second-order valence-electron chi connectivity index (χ2n) is 12.7. The normalized spacial score (nSPS) is 11.5. The van der Waals surface area contributed by atoms with E-state index in [0.717, 1.165) is 55.1 Å². The first-order valence-corrected chi connectivity index (χ1v) is 18.0. The molecule has 0 radical (unpaired) electrons. The van der Waals surface area contributed by atoms with Crippen molar-refractivity contribution in [2.24, 2.45) is 0 Å². The van der Waals surface area contributed by atoms with Crippen molar-refractivity contribution < 1.29 is 0 Å². The molecular formula is C46H29N5S. The summed E-state index contributed by atoms with van der Waals surface area (Å²) in [5, 5.41) is 3.47. The van der Waals surface area contributed by atoms with Gasteiger partial charge in [-0.25, -0.2) is 19.9 Å². The van der Waals surface area contributed by atoms with Gasteiger partial charge in [0.25, 0.3) is 0 Å². The zero-order valence-electron chi connectivity index (χ0n) is 27.9. The van der Waals surface area contributed by atoms with Crippen molar-refractivity contribution in [3.63, 3.8) is 0 Å². The minimum absolute atomic E-state index is 0.641. The average molecular weight is 684 g/mol. The van der Waals surface area contributed by atoms with Crippen LogP contribution in [-0.4, -0.2) is 24.5 Å². The summed E-state index contributed by atoms with van der Waals surface area (Å²) in [4.78, 5) is 19.7. The zero-order chi connectivity index (χ0) is 34.4. The van der Waals surface area contributed by atoms with Crippen LogP contribution in [-0.2, 0) is 0 Å². The highest BCUT2D eigenvalue weighted by Crippen LogP contribution is 2.38. The Morgan fingerprint density at radius 1 is 0.365 bits per heavy atom. The molecule has 3 heterocycles. The van der Waals surface area contributed by atoms with E-state index in [4.69, 9.17) is 19.9 Å². The first-order chi connectivity index (χ1) is 25.7. The maximum Gasteiger partial charge on any atom is 0.164 e. The van der Waals surface area contributed by atoms with Crippen molar-refractivity contribution in [2.75, 3.05) is 0 Å². The van der Waals surface area contributed by atoms with Gasteiger partial charge in [-0.2, -0.15) is 0 Å². The van der Waals surface area contributed by atoms with E-state index < -0.39 is 0 Å². The van der Waals surface area contributed by atoms with Gasteiger partial charge in [0.1, 0.15) is 5.01 Å². The summed E-state index contributed by atoms with van der Waals surface area (Å²) < 4.78 is 3.57. The second-order valence-corrected chi connectivity index (χ2v) is 13.8. The van der Waals surface area contributed by atoms with Crippen LogP contribution < -0.4 is 0 Å². The van der Waals surface area contributed by atoms with Gasteiger partial charge in [0.15, 0.2) is 17.5 Å². The van der Waals surface area contributed by atoms with Crippen LogP contribution in [0.2, 0.25) is 0 Å². The van der Waals surface area contributed by atoms with E-state index in [1.54, 1.807) is 11.3 Å². The Balaban J connectivity index is 1.05. The third-order valence-electron chi connectivity index (χ3n) is 9.49. The van der Waals surface area contributed by atoms with E-state index >= 15 is 0 Å². The third kappa shape index (κ3) is 5.34. The highest BCUT2D eigenvalue weighted by molar-refractivity contribution is 7.21. The quantitative estimate of drug-likeness (QED) is 0.175. The Labute approximate surface area is 304 Å². The van der Waals surface area contributed by atoms with E-state index in [1.165, 1.54) is 21.0 Å². The Kier molecular flexibility index (Phi) is 7.25. The fourth-order valence-electron chi connectivity index (χ4n) is 6.95. The maximum absolute atomic E-state index is 4.97. The molecule has 0 aliphatic rings. The Hall–Kier alpha value is -6.76. The Bertz CT molecular complexity index is 2800. The predicted molar refractivity (Wildman–Crippen MR) is 215 cm³/mol. The molecule has 0 N–H and O–H groups in total. The lowest BCUT2D eigenvalue weighted by atomic mass is 10.0. The lowest BCUT2D eigenvalue weighted by Crippen LogP contribution is -2.00. The van der Waals surface area contributed by atoms with Crippen LogP contribution in [0.5, 0.6) is 0 Å². The molecule has 0 aliphatic heterocycles. The number of hydrogen-bond donors (Lipinski definition) is 0. The number of thiazole rings is 1. The smallest absolute Gasteiger partial charge is 0.164 e. The number of benzene rings is 7. The zero-order valence-corrected chi connectivity index (χ0v) is 28.7. The molecule has 0 amide bonds. The highest BCUT2D eigenvalue weighted by atomic mass is 32.1. The largest absolute Gasteiger partial charge is 0.309 e. The van der Waals surface area contributed by atoms with Crippen LogP contribution in [0.15, 0.2) is 176 Å². The second kappa shape index (κ2) is 12.5. The van der Waals surface area contributed by atoms with Crippen LogP contribution >= 0.6 is 11.3 Å². The van der Waals surface area contributed by atoms with Gasteiger partial charge >= 0.3 is 0 Å². The first kappa shape index (κ1) is 30.1. The molecule has 52 heavy (non-hydrogen) atoms. The number of rotatable bonds is 6. The summed E-state index contributed by atoms with van der Waals surface area (Å²) in [5.41, 5.74) is 10.7. The van der Waals surface area contributed by atoms with Crippen molar-refractivity contribution in [2.45, 2.75) is 0 Å². The third-order valence-corrected chi connectivity index (χ3v) is 10.6. The molecule has 0 atom stereocenters. The summed E-state index contributed by atoms with van der Waals surface area (Å²) >= 11 is 1.73. The molecule has 10 rings (SSSR count). The van der Waals surface area contributed by atoms with Gasteiger partial charge in [-0.3, -0.25) is 0 Å². The Morgan fingerprint density at radius 3 is 1.63 bits per heavy atom. The number of aromatic nitrogens is 5. The summed E-state index contributed by atoms with van der Waals surface area (Å²) in [5.74, 6) is 1.94. The molecule has 0 fully saturated rings. The molecule has 0 bridgehead atoms. The van der Waals surface area contributed by atoms with Crippen molar-refractivity contribution in [3.8, 4) is 61.5 Å². The van der Waals surface area contributed by atoms with Crippen LogP contribution in [0.25, 0.3) is 93.6 Å². The average Bonchev–Trinajstić information content (AvgIpc) is 3.81. The van der Waals surface area contributed by atoms with Crippen molar-refractivity contribution in [1.82, 2.24) is 24.5 Å². The molecule has 0 saturated heterocycles. The number of nitrogens with zero attached hydrogens (tertiary/aromatic N) is 5. The van der Waals surface area contributed by atoms with Gasteiger partial charge in [0.05, 0.1) is 21.3 Å². The maximum atomic E-state index is 4.97. The monoisotopic (exact) mass is 683 g/mol. The van der Waals surface area contributed by atoms with Gasteiger partial charge < -0.3 is 4.57 Å². The van der Waals surface area contributed by atoms with Crippen LogP contribution in [0, 0.1) is 0 Å². The van der Waals surface area contributed by atoms with Gasteiger partial charge in [0, 0.05) is 38.7 Å². The summed E-state index contributed by atoms with van der Waals surface area (Å²) in [6.45, 7) is 0. The summed E-state index contributed by atoms with van der Waals surface area (Å²) in [6.07, 6.45) is 0. The van der Waals surface area contributed by atoms with E-state index in [9.17, 15) is 0 Å². The molecule has 0 saturated carbocycles. The SMILES string of the molecule is c1ccc(-c2nc(-c3ccccc3)nc(-c3ccc(-c4cccc(-n5c6ccccc6c6ccc(-c7nc8ccccc8s7)cc65)c4)cc3)n2)cc1. The fraction of sp³-hybridized carbons (Fsp3) is 0. The number of fused-ring (bicyclic) bond motifs is 4. The number of para-hydroxylation sites is 2. The topological polar surface area (TPSA) is 56.5 Å². The molecular weight excluding hydrogens is 655 g/mol. The molecule has 0 unspecified atom stereocenters. The predicted octanol–water partition coefficient (Wildman–Crippen LogP) is 11.9. The molecule has 6 heteroatoms. The van der Waals surface area contributed by atoms with Crippen LogP contribution in [0.3, 0.4) is 0 Å². The van der Waals surface area contributed by atoms with E-state index in [1.807, 2.05) is 66.7 Å². The van der Waals surface area contributed by atoms with Gasteiger partial charge in [-0.05, 0) is 47.5 Å². The first-order valence-electron chi connectivity index (χ1n) is 17.2. The Morgan fingerprint density at radius 2 is 0.923 bits per heavy atom. The highest BCUT2D eigenvalue weighted by Gasteiger charge is 2.16. The van der Waals surface area contributed by atoms with E-state index in [2.05, 4.69) is 114 Å². The van der Waals surface area contributed by atoms with Gasteiger partial charge in [0.2, 0.25) is 0 Å². The van der Waals surface area contributed by atoms with Gasteiger partial charge in [-0.15, -0.1) is 11.3 Å². The fourth-order valence-corrected chi connectivity index (χ4v) is 7.91. The molecule has 0 aliphatic carbocycles.